The molecule has 1 aliphatic heterocycles. The molecular formula is C62H87N3O6S2. The van der Waals surface area contributed by atoms with Gasteiger partial charge in [-0.25, -0.2) is 0 Å². The Bertz CT molecular complexity index is 2600. The number of rotatable bonds is 35. The van der Waals surface area contributed by atoms with Gasteiger partial charge in [-0.15, -0.1) is 32.9 Å². The van der Waals surface area contributed by atoms with Crippen molar-refractivity contribution in [3.05, 3.63) is 58.2 Å². The Morgan fingerprint density at radius 3 is 1.48 bits per heavy atom. The van der Waals surface area contributed by atoms with E-state index in [4.69, 9.17) is 23.4 Å². The minimum absolute atomic E-state index is 0.214. The number of thiophene rings is 2. The van der Waals surface area contributed by atoms with Crippen molar-refractivity contribution in [1.82, 2.24) is 15.1 Å². The summed E-state index contributed by atoms with van der Waals surface area (Å²) in [6, 6.07) is 11.9. The number of fused-ring (bicyclic) bond motifs is 3. The first kappa shape index (κ1) is 56.3. The number of carbonyl (C=O) groups excluding carboxylic acids is 2. The topological polar surface area (TPSA) is 108 Å². The Morgan fingerprint density at radius 1 is 0.521 bits per heavy atom. The lowest BCUT2D eigenvalue weighted by Gasteiger charge is -2.23. The first-order valence-corrected chi connectivity index (χ1v) is 30.5. The highest BCUT2D eigenvalue weighted by Crippen LogP contribution is 2.52. The summed E-state index contributed by atoms with van der Waals surface area (Å²) in [5, 5.41) is 11.5. The molecule has 6 aromatic rings. The fraction of sp³-hybridized carbons (Fsp3) is 0.613. The van der Waals surface area contributed by atoms with Crippen LogP contribution in [0, 0.1) is 31.6 Å². The van der Waals surface area contributed by atoms with Gasteiger partial charge in [-0.05, 0) is 93.7 Å². The summed E-state index contributed by atoms with van der Waals surface area (Å²) in [7, 11) is 0. The lowest BCUT2D eigenvalue weighted by atomic mass is 9.93. The molecule has 0 N–H and O–H groups in total. The zero-order valence-electron chi connectivity index (χ0n) is 45.9. The maximum absolute atomic E-state index is 15.0. The van der Waals surface area contributed by atoms with Crippen LogP contribution < -0.4 is 9.47 Å². The van der Waals surface area contributed by atoms with Crippen LogP contribution in [-0.2, 0) is 0 Å². The number of imide groups is 1. The van der Waals surface area contributed by atoms with Crippen LogP contribution >= 0.6 is 22.7 Å². The maximum Gasteiger partial charge on any atom is 0.264 e. The highest BCUT2D eigenvalue weighted by atomic mass is 32.1. The van der Waals surface area contributed by atoms with E-state index in [1.165, 1.54) is 113 Å². The number of furan rings is 2. The molecule has 0 saturated heterocycles. The zero-order chi connectivity index (χ0) is 51.7. The molecule has 0 fully saturated rings. The lowest BCUT2D eigenvalue weighted by molar-refractivity contribution is 0.0622. The molecule has 5 aromatic heterocycles. The van der Waals surface area contributed by atoms with Crippen LogP contribution in [0.4, 0.5) is 0 Å². The number of hydrogen-bond acceptors (Lipinski definition) is 10. The number of amides is 2. The van der Waals surface area contributed by atoms with Crippen LogP contribution in [0.1, 0.15) is 227 Å². The Hall–Kier alpha value is -4.48. The Labute approximate surface area is 445 Å². The fourth-order valence-electron chi connectivity index (χ4n) is 10.7. The summed E-state index contributed by atoms with van der Waals surface area (Å²) >= 11 is 3.41. The van der Waals surface area contributed by atoms with Crippen molar-refractivity contribution < 1.29 is 27.9 Å². The summed E-state index contributed by atoms with van der Waals surface area (Å²) in [6.07, 6.45) is 28.3. The zero-order valence-corrected chi connectivity index (χ0v) is 47.5. The van der Waals surface area contributed by atoms with E-state index in [1.807, 2.05) is 25.1 Å². The molecule has 3 unspecified atom stereocenters. The highest BCUT2D eigenvalue weighted by Gasteiger charge is 2.43. The molecule has 0 bridgehead atoms. The Kier molecular flexibility index (Phi) is 21.9. The van der Waals surface area contributed by atoms with Gasteiger partial charge < -0.3 is 18.3 Å². The van der Waals surface area contributed by atoms with Crippen LogP contribution in [0.2, 0.25) is 0 Å². The van der Waals surface area contributed by atoms with Crippen LogP contribution in [0.5, 0.6) is 11.5 Å². The van der Waals surface area contributed by atoms with E-state index < -0.39 is 0 Å². The minimum Gasteiger partial charge on any atom is -0.491 e. The Morgan fingerprint density at radius 2 is 0.973 bits per heavy atom. The van der Waals surface area contributed by atoms with E-state index >= 15 is 0 Å². The molecular weight excluding hydrogens is 947 g/mol. The first-order valence-electron chi connectivity index (χ1n) is 28.8. The summed E-state index contributed by atoms with van der Waals surface area (Å²) in [5.74, 6) is 4.41. The van der Waals surface area contributed by atoms with Gasteiger partial charge >= 0.3 is 0 Å². The van der Waals surface area contributed by atoms with Gasteiger partial charge in [0.1, 0.15) is 34.4 Å². The molecule has 0 aliphatic carbocycles. The van der Waals surface area contributed by atoms with Gasteiger partial charge in [0, 0.05) is 22.2 Å². The molecule has 6 heterocycles. The molecule has 1 aliphatic rings. The molecule has 11 heteroatoms. The van der Waals surface area contributed by atoms with Gasteiger partial charge in [0.25, 0.3) is 11.8 Å². The third-order valence-corrected chi connectivity index (χ3v) is 17.5. The molecule has 73 heavy (non-hydrogen) atoms. The normalized spacial score (nSPS) is 14.0. The largest absolute Gasteiger partial charge is 0.491 e. The number of aromatic nitrogens is 2. The summed E-state index contributed by atoms with van der Waals surface area (Å²) in [5.41, 5.74) is 1.03. The minimum atomic E-state index is -0.342. The lowest BCUT2D eigenvalue weighted by Crippen LogP contribution is -2.35. The third kappa shape index (κ3) is 14.3. The van der Waals surface area contributed by atoms with E-state index in [1.54, 1.807) is 28.7 Å². The van der Waals surface area contributed by atoms with Gasteiger partial charge in [-0.2, -0.15) is 0 Å². The fourth-order valence-corrected chi connectivity index (χ4v) is 12.8. The van der Waals surface area contributed by atoms with Gasteiger partial charge in [-0.1, -0.05) is 170 Å². The molecule has 7 rings (SSSR count). The van der Waals surface area contributed by atoms with Gasteiger partial charge in [0.2, 0.25) is 0 Å². The predicted octanol–water partition coefficient (Wildman–Crippen LogP) is 19.4. The Balaban J connectivity index is 1.23. The molecule has 2 amide bonds. The van der Waals surface area contributed by atoms with Crippen LogP contribution in [0.15, 0.2) is 45.2 Å². The number of hydrogen-bond donors (Lipinski definition) is 0. The van der Waals surface area contributed by atoms with E-state index in [0.29, 0.717) is 54.6 Å². The van der Waals surface area contributed by atoms with E-state index in [2.05, 4.69) is 65.7 Å². The van der Waals surface area contributed by atoms with Gasteiger partial charge in [-0.3, -0.25) is 14.5 Å². The quantitative estimate of drug-likeness (QED) is 0.0286. The monoisotopic (exact) mass is 1030 g/mol. The van der Waals surface area contributed by atoms with Gasteiger partial charge in [0.15, 0.2) is 11.5 Å². The average Bonchev–Trinajstić information content (AvgIpc) is 4.26. The SMILES string of the molecule is CCCCCCCCCCC(CCCCCCCC)CN1C(=O)c2c(-c3ccc(C)o3)nnc(-c3ccc(-c4cc5c(OCC(CC)CCCC)c6sc(C)cc6c(OCC(CC)CCCC)c5s4)o3)c2C1=O. The average molecular weight is 1030 g/mol. The second kappa shape index (κ2) is 28.4. The maximum atomic E-state index is 15.0. The molecule has 398 valence electrons. The van der Waals surface area contributed by atoms with Crippen LogP contribution in [-0.4, -0.2) is 46.7 Å². The van der Waals surface area contributed by atoms with E-state index in [0.717, 1.165) is 87.9 Å². The van der Waals surface area contributed by atoms with E-state index in [9.17, 15) is 9.59 Å². The number of nitrogens with zero attached hydrogens (tertiary/aromatic N) is 3. The van der Waals surface area contributed by atoms with Crippen molar-refractivity contribution >= 4 is 54.7 Å². The molecule has 3 atom stereocenters. The van der Waals surface area contributed by atoms with Crippen LogP contribution in [0.3, 0.4) is 0 Å². The van der Waals surface area contributed by atoms with Crippen molar-refractivity contribution in [1.29, 1.82) is 0 Å². The predicted molar refractivity (Wildman–Crippen MR) is 305 cm³/mol. The molecule has 0 saturated carbocycles. The first-order chi connectivity index (χ1) is 35.6. The highest BCUT2D eigenvalue weighted by molar-refractivity contribution is 7.23. The summed E-state index contributed by atoms with van der Waals surface area (Å²) < 4.78 is 28.9. The van der Waals surface area contributed by atoms with Crippen LogP contribution in [0.25, 0.3) is 53.7 Å². The number of benzene rings is 1. The van der Waals surface area contributed by atoms with Crippen molar-refractivity contribution in [2.45, 2.75) is 209 Å². The molecule has 1 aromatic carbocycles. The van der Waals surface area contributed by atoms with E-state index in [-0.39, 0.29) is 40.2 Å². The number of unbranched alkanes of at least 4 members (excludes halogenated alkanes) is 14. The molecule has 0 spiro atoms. The second-order valence-corrected chi connectivity index (χ2v) is 23.5. The third-order valence-electron chi connectivity index (χ3n) is 15.3. The van der Waals surface area contributed by atoms with Crippen molar-refractivity contribution in [2.24, 2.45) is 17.8 Å². The second-order valence-electron chi connectivity index (χ2n) is 21.2. The smallest absolute Gasteiger partial charge is 0.264 e. The molecule has 0 radical (unpaired) electrons. The van der Waals surface area contributed by atoms with Crippen molar-refractivity contribution in [3.63, 3.8) is 0 Å². The van der Waals surface area contributed by atoms with Gasteiger partial charge in [0.05, 0.1) is 38.6 Å². The number of aryl methyl sites for hydroxylation is 2. The number of carbonyl (C=O) groups is 2. The standard InChI is InChI=1S/C62H87N3O6S2/c1-9-15-19-21-23-24-26-28-32-46(31-27-25-22-20-16-10-2)39-65-61(66)53-54(62(65)67)56(64-63-55(53)50-34-33-42(7)70-50)51-36-35-49(71-51)52-38-48-58(69-41-45(14-6)30-18-12-4)59-47(37-43(8)72-59)57(60(48)73-52)68-40-44(13-5)29-17-11-3/h33-38,44-46H,9-32,39-41H2,1-8H3. The number of ether oxygens (including phenoxy) is 2. The molecule has 9 nitrogen and oxygen atoms in total. The summed E-state index contributed by atoms with van der Waals surface area (Å²) in [4.78, 5) is 33.4. The summed E-state index contributed by atoms with van der Waals surface area (Å²) in [6.45, 7) is 19.3. The van der Waals surface area contributed by atoms with Crippen molar-refractivity contribution in [3.8, 4) is 45.0 Å². The van der Waals surface area contributed by atoms with Crippen molar-refractivity contribution in [2.75, 3.05) is 19.8 Å².